The first-order chi connectivity index (χ1) is 14.8. The number of rotatable bonds is 5. The van der Waals surface area contributed by atoms with E-state index in [2.05, 4.69) is 9.29 Å². The second-order valence-corrected chi connectivity index (χ2v) is 8.32. The van der Waals surface area contributed by atoms with Gasteiger partial charge in [-0.2, -0.15) is 0 Å². The summed E-state index contributed by atoms with van der Waals surface area (Å²) >= 11 is 1.68. The van der Waals surface area contributed by atoms with Crippen LogP contribution in [0.25, 0.3) is 10.9 Å². The monoisotopic (exact) mass is 487 g/mol. The minimum Gasteiger partial charge on any atom is -0.489 e. The van der Waals surface area contributed by atoms with Gasteiger partial charge in [0.05, 0.1) is 23.3 Å². The third-order valence-electron chi connectivity index (χ3n) is 5.25. The molecule has 0 bridgehead atoms. The zero-order valence-electron chi connectivity index (χ0n) is 17.2. The highest BCUT2D eigenvalue weighted by atomic mass is 35.5. The average Bonchev–Trinajstić information content (AvgIpc) is 3.46. The third kappa shape index (κ3) is 5.04. The SMILES string of the molecule is Cl.Cl.O=C(C1CSN(c2cccnc2)C1)n1ccc2cc(OCc3ccccc3)ccc21. The molecule has 0 saturated carbocycles. The van der Waals surface area contributed by atoms with Crippen LogP contribution in [0.3, 0.4) is 0 Å². The van der Waals surface area contributed by atoms with Gasteiger partial charge >= 0.3 is 0 Å². The van der Waals surface area contributed by atoms with Crippen molar-refractivity contribution in [1.29, 1.82) is 0 Å². The van der Waals surface area contributed by atoms with E-state index in [1.54, 1.807) is 22.7 Å². The van der Waals surface area contributed by atoms with Crippen LogP contribution < -0.4 is 9.04 Å². The number of aromatic nitrogens is 2. The van der Waals surface area contributed by atoms with Gasteiger partial charge in [0.2, 0.25) is 5.91 Å². The van der Waals surface area contributed by atoms with Crippen LogP contribution in [0.15, 0.2) is 85.3 Å². The van der Waals surface area contributed by atoms with Gasteiger partial charge in [-0.1, -0.05) is 30.3 Å². The molecule has 8 heteroatoms. The second-order valence-electron chi connectivity index (χ2n) is 7.28. The molecule has 1 unspecified atom stereocenters. The van der Waals surface area contributed by atoms with Crippen LogP contribution in [0.5, 0.6) is 5.75 Å². The lowest BCUT2D eigenvalue weighted by atomic mass is 10.1. The molecule has 5 rings (SSSR count). The van der Waals surface area contributed by atoms with E-state index >= 15 is 0 Å². The number of hydrogen-bond donors (Lipinski definition) is 0. The molecule has 0 amide bonds. The van der Waals surface area contributed by atoms with Crippen LogP contribution in [0.4, 0.5) is 5.69 Å². The first kappa shape index (κ1) is 24.0. The standard InChI is InChI=1S/C24H21N3O2S.2ClH/c28-24(20-15-27(30-17-20)21-7-4-11-25-14-21)26-12-10-19-13-22(8-9-23(19)26)29-16-18-5-2-1-3-6-18;;/h1-14,20H,15-17H2;2*1H. The van der Waals surface area contributed by atoms with E-state index in [0.717, 1.165) is 33.7 Å². The molecule has 4 aromatic rings. The number of pyridine rings is 1. The molecular weight excluding hydrogens is 465 g/mol. The van der Waals surface area contributed by atoms with Crippen molar-refractivity contribution in [3.63, 3.8) is 0 Å². The first-order valence-corrected chi connectivity index (χ1v) is 10.8. The lowest BCUT2D eigenvalue weighted by molar-refractivity contribution is 0.0862. The Morgan fingerprint density at radius 2 is 1.91 bits per heavy atom. The molecule has 0 spiro atoms. The van der Waals surface area contributed by atoms with Crippen molar-refractivity contribution in [2.75, 3.05) is 16.6 Å². The fraction of sp³-hybridized carbons (Fsp3) is 0.167. The van der Waals surface area contributed by atoms with E-state index in [1.165, 1.54) is 0 Å². The van der Waals surface area contributed by atoms with Gasteiger partial charge in [0.1, 0.15) is 12.4 Å². The molecule has 2 aromatic carbocycles. The van der Waals surface area contributed by atoms with Crippen molar-refractivity contribution >= 4 is 59.3 Å². The summed E-state index contributed by atoms with van der Waals surface area (Å²) in [6.07, 6.45) is 5.46. The zero-order valence-corrected chi connectivity index (χ0v) is 19.6. The van der Waals surface area contributed by atoms with Gasteiger partial charge in [-0.15, -0.1) is 24.8 Å². The number of benzene rings is 2. The maximum Gasteiger partial charge on any atom is 0.236 e. The smallest absolute Gasteiger partial charge is 0.236 e. The fourth-order valence-corrected chi connectivity index (χ4v) is 4.81. The van der Waals surface area contributed by atoms with E-state index in [4.69, 9.17) is 4.74 Å². The highest BCUT2D eigenvalue weighted by Gasteiger charge is 2.31. The van der Waals surface area contributed by atoms with Crippen molar-refractivity contribution in [1.82, 2.24) is 9.55 Å². The van der Waals surface area contributed by atoms with Crippen LogP contribution in [0, 0.1) is 5.92 Å². The number of carbonyl (C=O) groups excluding carboxylic acids is 1. The van der Waals surface area contributed by atoms with Crippen LogP contribution in [0.2, 0.25) is 0 Å². The normalized spacial score (nSPS) is 15.1. The molecule has 1 aliphatic rings. The first-order valence-electron chi connectivity index (χ1n) is 9.90. The number of hydrogen-bond acceptors (Lipinski definition) is 5. The maximum atomic E-state index is 13.2. The molecule has 166 valence electrons. The Morgan fingerprint density at radius 3 is 2.69 bits per heavy atom. The number of anilines is 1. The van der Waals surface area contributed by atoms with Crippen molar-refractivity contribution in [2.45, 2.75) is 6.61 Å². The Labute approximate surface area is 203 Å². The van der Waals surface area contributed by atoms with Crippen LogP contribution in [-0.2, 0) is 6.61 Å². The average molecular weight is 488 g/mol. The van der Waals surface area contributed by atoms with Gasteiger partial charge in [0.15, 0.2) is 0 Å². The molecule has 0 radical (unpaired) electrons. The highest BCUT2D eigenvalue weighted by Crippen LogP contribution is 2.32. The molecule has 5 nitrogen and oxygen atoms in total. The van der Waals surface area contributed by atoms with Gasteiger partial charge in [0, 0.05) is 30.1 Å². The predicted molar refractivity (Wildman–Crippen MR) is 135 cm³/mol. The van der Waals surface area contributed by atoms with Gasteiger partial charge < -0.3 is 9.04 Å². The van der Waals surface area contributed by atoms with Crippen molar-refractivity contribution in [2.24, 2.45) is 5.92 Å². The largest absolute Gasteiger partial charge is 0.489 e. The highest BCUT2D eigenvalue weighted by molar-refractivity contribution is 8.00. The summed E-state index contributed by atoms with van der Waals surface area (Å²) in [5.41, 5.74) is 3.08. The molecule has 32 heavy (non-hydrogen) atoms. The Bertz CT molecular complexity index is 1170. The number of ether oxygens (including phenoxy) is 1. The molecule has 1 atom stereocenters. The minimum absolute atomic E-state index is 0. The van der Waals surface area contributed by atoms with E-state index < -0.39 is 0 Å². The Hall–Kier alpha value is -2.67. The molecule has 1 fully saturated rings. The topological polar surface area (TPSA) is 47.4 Å². The van der Waals surface area contributed by atoms with Gasteiger partial charge in [-0.25, -0.2) is 0 Å². The molecule has 1 aliphatic heterocycles. The quantitative estimate of drug-likeness (QED) is 0.328. The van der Waals surface area contributed by atoms with E-state index in [-0.39, 0.29) is 36.6 Å². The second kappa shape index (κ2) is 10.8. The van der Waals surface area contributed by atoms with Crippen LogP contribution in [-0.4, -0.2) is 27.8 Å². The molecular formula is C24H23Cl2N3O2S. The summed E-state index contributed by atoms with van der Waals surface area (Å²) in [6, 6.07) is 21.9. The summed E-state index contributed by atoms with van der Waals surface area (Å²) in [5, 5.41) is 1.00. The zero-order chi connectivity index (χ0) is 20.3. The summed E-state index contributed by atoms with van der Waals surface area (Å²) in [4.78, 5) is 17.3. The van der Waals surface area contributed by atoms with Gasteiger partial charge in [0.25, 0.3) is 0 Å². The molecule has 3 heterocycles. The van der Waals surface area contributed by atoms with Crippen molar-refractivity contribution < 1.29 is 9.53 Å². The van der Waals surface area contributed by atoms with Crippen molar-refractivity contribution in [3.8, 4) is 5.75 Å². The molecule has 0 aliphatic carbocycles. The Morgan fingerprint density at radius 1 is 1.06 bits per heavy atom. The lowest BCUT2D eigenvalue weighted by Crippen LogP contribution is -2.26. The van der Waals surface area contributed by atoms with Crippen LogP contribution >= 0.6 is 36.8 Å². The number of nitrogens with zero attached hydrogens (tertiary/aromatic N) is 3. The molecule has 1 saturated heterocycles. The maximum absolute atomic E-state index is 13.2. The van der Waals surface area contributed by atoms with E-state index in [0.29, 0.717) is 13.2 Å². The van der Waals surface area contributed by atoms with Gasteiger partial charge in [-0.3, -0.25) is 14.3 Å². The van der Waals surface area contributed by atoms with Gasteiger partial charge in [-0.05, 0) is 53.9 Å². The summed E-state index contributed by atoms with van der Waals surface area (Å²) < 4.78 is 9.84. The lowest BCUT2D eigenvalue weighted by Gasteiger charge is -2.16. The fourth-order valence-electron chi connectivity index (χ4n) is 3.66. The Balaban J connectivity index is 0.00000144. The summed E-state index contributed by atoms with van der Waals surface area (Å²) in [5.74, 6) is 1.64. The summed E-state index contributed by atoms with van der Waals surface area (Å²) in [7, 11) is 0. The Kier molecular flexibility index (Phi) is 8.07. The van der Waals surface area contributed by atoms with Crippen molar-refractivity contribution in [3.05, 3.63) is 90.9 Å². The van der Waals surface area contributed by atoms with E-state index in [9.17, 15) is 4.79 Å². The molecule has 0 N–H and O–H groups in total. The van der Waals surface area contributed by atoms with E-state index in [1.807, 2.05) is 79.1 Å². The summed E-state index contributed by atoms with van der Waals surface area (Å²) in [6.45, 7) is 1.21. The predicted octanol–water partition coefficient (Wildman–Crippen LogP) is 5.88. The number of carbonyl (C=O) groups is 1. The number of fused-ring (bicyclic) bond motifs is 1. The van der Waals surface area contributed by atoms with Crippen LogP contribution in [0.1, 0.15) is 10.4 Å². The number of halogens is 2. The third-order valence-corrected chi connectivity index (χ3v) is 6.47. The molecule has 2 aromatic heterocycles. The minimum atomic E-state index is -0.0557.